The van der Waals surface area contributed by atoms with Crippen molar-refractivity contribution in [2.75, 3.05) is 12.3 Å². The predicted molar refractivity (Wildman–Crippen MR) is 105 cm³/mol. The van der Waals surface area contributed by atoms with E-state index >= 15 is 0 Å². The highest BCUT2D eigenvalue weighted by Crippen LogP contribution is 2.35. The first-order chi connectivity index (χ1) is 12.3. The highest BCUT2D eigenvalue weighted by molar-refractivity contribution is 8.15. The van der Waals surface area contributed by atoms with E-state index in [0.717, 1.165) is 52.0 Å². The maximum absolute atomic E-state index is 12.2. The van der Waals surface area contributed by atoms with E-state index in [4.69, 9.17) is 9.98 Å². The monoisotopic (exact) mass is 349 g/mol. The van der Waals surface area contributed by atoms with Crippen LogP contribution in [0.3, 0.4) is 0 Å². The van der Waals surface area contributed by atoms with E-state index in [-0.39, 0.29) is 5.91 Å². The lowest BCUT2D eigenvalue weighted by Crippen LogP contribution is -2.30. The van der Waals surface area contributed by atoms with Gasteiger partial charge in [-0.2, -0.15) is 0 Å². The number of hydrogen-bond acceptors (Lipinski definition) is 4. The minimum atomic E-state index is 0.153. The molecule has 0 atom stereocenters. The third kappa shape index (κ3) is 3.00. The van der Waals surface area contributed by atoms with Gasteiger partial charge in [-0.25, -0.2) is 9.98 Å². The van der Waals surface area contributed by atoms with Gasteiger partial charge in [0.2, 0.25) is 5.91 Å². The van der Waals surface area contributed by atoms with Gasteiger partial charge in [0.15, 0.2) is 5.17 Å². The van der Waals surface area contributed by atoms with E-state index in [1.165, 1.54) is 11.8 Å². The molecule has 3 aromatic rings. The van der Waals surface area contributed by atoms with Gasteiger partial charge in [0.05, 0.1) is 22.5 Å². The molecule has 0 aliphatic carbocycles. The number of rotatable bonds is 4. The molecule has 25 heavy (non-hydrogen) atoms. The number of carbonyl (C=O) groups is 1. The van der Waals surface area contributed by atoms with E-state index in [1.807, 2.05) is 53.4 Å². The van der Waals surface area contributed by atoms with Crippen molar-refractivity contribution in [2.24, 2.45) is 4.99 Å². The van der Waals surface area contributed by atoms with E-state index in [9.17, 15) is 4.79 Å². The quantitative estimate of drug-likeness (QED) is 0.639. The molecule has 0 saturated carbocycles. The number of amides is 1. The van der Waals surface area contributed by atoms with Crippen molar-refractivity contribution in [3.63, 3.8) is 0 Å². The van der Waals surface area contributed by atoms with Crippen LogP contribution in [-0.4, -0.2) is 33.3 Å². The van der Waals surface area contributed by atoms with Gasteiger partial charge in [0.25, 0.3) is 0 Å². The lowest BCUT2D eigenvalue weighted by atomic mass is 10.1. The molecule has 126 valence electrons. The summed E-state index contributed by atoms with van der Waals surface area (Å²) in [5.41, 5.74) is 2.75. The molecule has 0 bridgehead atoms. The fraction of sp³-hybridized carbons (Fsp3) is 0.250. The number of nitrogens with zero attached hydrogens (tertiary/aromatic N) is 3. The summed E-state index contributed by atoms with van der Waals surface area (Å²) in [4.78, 5) is 23.7. The van der Waals surface area contributed by atoms with Crippen molar-refractivity contribution in [2.45, 2.75) is 19.8 Å². The summed E-state index contributed by atoms with van der Waals surface area (Å²) in [6, 6.07) is 16.1. The first kappa shape index (κ1) is 16.1. The highest BCUT2D eigenvalue weighted by atomic mass is 32.2. The van der Waals surface area contributed by atoms with Gasteiger partial charge in [0.1, 0.15) is 0 Å². The second kappa shape index (κ2) is 6.84. The van der Waals surface area contributed by atoms with Crippen LogP contribution in [-0.2, 0) is 4.79 Å². The number of unbranched alkanes of at least 4 members (excludes halogenated alkanes) is 1. The lowest BCUT2D eigenvalue weighted by molar-refractivity contribution is -0.124. The van der Waals surface area contributed by atoms with Crippen molar-refractivity contribution in [1.29, 1.82) is 0 Å². The standard InChI is InChI=1S/C20H19N3OS/c1-2-3-12-23-18(24)13-25-20(23)22-19-14-8-4-6-10-16(14)21-17-11-7-5-9-15(17)19/h4-11H,2-3,12-13H2,1H3. The summed E-state index contributed by atoms with van der Waals surface area (Å²) in [5.74, 6) is 0.628. The van der Waals surface area contributed by atoms with Crippen LogP contribution in [0.25, 0.3) is 21.8 Å². The Balaban J connectivity index is 1.91. The summed E-state index contributed by atoms with van der Waals surface area (Å²) in [7, 11) is 0. The molecule has 1 aliphatic heterocycles. The van der Waals surface area contributed by atoms with E-state index < -0.39 is 0 Å². The third-order valence-corrected chi connectivity index (χ3v) is 5.32. The molecule has 2 heterocycles. The van der Waals surface area contributed by atoms with Gasteiger partial charge in [0, 0.05) is 17.3 Å². The number of fused-ring (bicyclic) bond motifs is 2. The van der Waals surface area contributed by atoms with E-state index in [1.54, 1.807) is 0 Å². The van der Waals surface area contributed by atoms with Crippen LogP contribution in [0.5, 0.6) is 0 Å². The number of aromatic nitrogens is 1. The molecular formula is C20H19N3OS. The van der Waals surface area contributed by atoms with Gasteiger partial charge in [-0.05, 0) is 18.6 Å². The third-order valence-electron chi connectivity index (χ3n) is 4.36. The van der Waals surface area contributed by atoms with Crippen molar-refractivity contribution in [3.8, 4) is 0 Å². The molecule has 1 amide bonds. The van der Waals surface area contributed by atoms with Crippen LogP contribution in [0.2, 0.25) is 0 Å². The van der Waals surface area contributed by atoms with Crippen molar-refractivity contribution < 1.29 is 4.79 Å². The summed E-state index contributed by atoms with van der Waals surface area (Å²) in [6.45, 7) is 2.87. The number of carbonyl (C=O) groups excluding carboxylic acids is 1. The zero-order valence-corrected chi connectivity index (χ0v) is 14.9. The Morgan fingerprint density at radius 2 is 1.72 bits per heavy atom. The number of benzene rings is 2. The number of hydrogen-bond donors (Lipinski definition) is 0. The molecule has 1 aromatic heterocycles. The van der Waals surface area contributed by atoms with Crippen LogP contribution in [0.1, 0.15) is 19.8 Å². The SMILES string of the molecule is CCCCN1C(=O)CSC1=Nc1c2ccccc2nc2ccccc12. The first-order valence-electron chi connectivity index (χ1n) is 8.57. The molecule has 0 radical (unpaired) electrons. The average Bonchev–Trinajstić information content (AvgIpc) is 2.99. The molecular weight excluding hydrogens is 330 g/mol. The Bertz CT molecular complexity index is 929. The first-order valence-corrected chi connectivity index (χ1v) is 9.56. The van der Waals surface area contributed by atoms with Crippen molar-refractivity contribution >= 4 is 50.3 Å². The smallest absolute Gasteiger partial charge is 0.239 e. The fourth-order valence-corrected chi connectivity index (χ4v) is 3.96. The molecule has 2 aromatic carbocycles. The normalized spacial score (nSPS) is 16.4. The highest BCUT2D eigenvalue weighted by Gasteiger charge is 2.28. The molecule has 4 nitrogen and oxygen atoms in total. The van der Waals surface area contributed by atoms with Gasteiger partial charge in [-0.15, -0.1) is 0 Å². The predicted octanol–water partition coefficient (Wildman–Crippen LogP) is 4.75. The molecule has 4 rings (SSSR count). The summed E-state index contributed by atoms with van der Waals surface area (Å²) >= 11 is 1.53. The fourth-order valence-electron chi connectivity index (χ4n) is 3.05. The molecule has 0 unspecified atom stereocenters. The zero-order chi connectivity index (χ0) is 17.2. The van der Waals surface area contributed by atoms with Gasteiger partial charge >= 0.3 is 0 Å². The molecule has 1 fully saturated rings. The Labute approximate surface area is 151 Å². The number of thioether (sulfide) groups is 1. The number of pyridine rings is 1. The van der Waals surface area contributed by atoms with Crippen molar-refractivity contribution in [1.82, 2.24) is 9.88 Å². The second-order valence-corrected chi connectivity index (χ2v) is 7.02. The zero-order valence-electron chi connectivity index (χ0n) is 14.1. The molecule has 1 saturated heterocycles. The van der Waals surface area contributed by atoms with Crippen LogP contribution in [0.15, 0.2) is 53.5 Å². The maximum atomic E-state index is 12.2. The molecule has 5 heteroatoms. The number of aliphatic imine (C=N–C) groups is 1. The average molecular weight is 349 g/mol. The van der Waals surface area contributed by atoms with Crippen LogP contribution in [0, 0.1) is 0 Å². The summed E-state index contributed by atoms with van der Waals surface area (Å²) in [5, 5.41) is 2.84. The van der Waals surface area contributed by atoms with Crippen molar-refractivity contribution in [3.05, 3.63) is 48.5 Å². The van der Waals surface area contributed by atoms with Gasteiger partial charge in [-0.3, -0.25) is 9.69 Å². The second-order valence-electron chi connectivity index (χ2n) is 6.08. The summed E-state index contributed by atoms with van der Waals surface area (Å²) < 4.78 is 0. The maximum Gasteiger partial charge on any atom is 0.239 e. The van der Waals surface area contributed by atoms with Gasteiger partial charge in [-0.1, -0.05) is 61.5 Å². The molecule has 1 aliphatic rings. The minimum Gasteiger partial charge on any atom is -0.291 e. The van der Waals surface area contributed by atoms with E-state index in [0.29, 0.717) is 5.75 Å². The number of para-hydroxylation sites is 2. The Morgan fingerprint density at radius 1 is 1.08 bits per heavy atom. The van der Waals surface area contributed by atoms with E-state index in [2.05, 4.69) is 6.92 Å². The van der Waals surface area contributed by atoms with Crippen LogP contribution in [0.4, 0.5) is 5.69 Å². The minimum absolute atomic E-state index is 0.153. The topological polar surface area (TPSA) is 45.6 Å². The Morgan fingerprint density at radius 3 is 2.36 bits per heavy atom. The Hall–Kier alpha value is -2.40. The Kier molecular flexibility index (Phi) is 4.40. The molecule has 0 spiro atoms. The summed E-state index contributed by atoms with van der Waals surface area (Å²) in [6.07, 6.45) is 2.05. The lowest BCUT2D eigenvalue weighted by Gasteiger charge is -2.16. The number of amidine groups is 1. The van der Waals surface area contributed by atoms with Crippen LogP contribution >= 0.6 is 11.8 Å². The largest absolute Gasteiger partial charge is 0.291 e. The van der Waals surface area contributed by atoms with Crippen LogP contribution < -0.4 is 0 Å². The van der Waals surface area contributed by atoms with Gasteiger partial charge < -0.3 is 0 Å². The molecule has 0 N–H and O–H groups in total.